The van der Waals surface area contributed by atoms with Gasteiger partial charge in [0.15, 0.2) is 0 Å². The third-order valence-electron chi connectivity index (χ3n) is 4.03. The molecule has 0 radical (unpaired) electrons. The third kappa shape index (κ3) is 5.34. The Hall–Kier alpha value is -2.43. The van der Waals surface area contributed by atoms with Crippen LogP contribution in [-0.2, 0) is 26.1 Å². The van der Waals surface area contributed by atoms with Crippen LogP contribution in [-0.4, -0.2) is 32.8 Å². The van der Waals surface area contributed by atoms with Crippen molar-refractivity contribution in [2.24, 2.45) is 0 Å². The van der Waals surface area contributed by atoms with E-state index in [4.69, 9.17) is 0 Å². The van der Waals surface area contributed by atoms with Crippen molar-refractivity contribution in [3.05, 3.63) is 65.7 Å². The van der Waals surface area contributed by atoms with E-state index in [0.29, 0.717) is 5.56 Å². The standard InChI is InChI=1S/C19H21F3N2O4S/c1-3-28-17(25)18(19(20,21)22,23-13-15-7-5-4-6-8-15)24-29(26,27)16-11-9-14(2)10-12-16/h4-12,23-24H,3,13H2,1-2H3. The van der Waals surface area contributed by atoms with Crippen LogP contribution >= 0.6 is 0 Å². The van der Waals surface area contributed by atoms with E-state index < -0.39 is 39.3 Å². The number of carbonyl (C=O) groups excluding carboxylic acids is 1. The number of hydrogen-bond acceptors (Lipinski definition) is 5. The number of sulfonamides is 1. The molecule has 0 fully saturated rings. The molecule has 0 amide bonds. The topological polar surface area (TPSA) is 84.5 Å². The molecule has 2 rings (SSSR count). The van der Waals surface area contributed by atoms with E-state index in [0.717, 1.165) is 17.7 Å². The minimum absolute atomic E-state index is 0.365. The molecule has 1 atom stereocenters. The molecule has 0 saturated heterocycles. The van der Waals surface area contributed by atoms with E-state index in [1.54, 1.807) is 25.1 Å². The largest absolute Gasteiger partial charge is 0.463 e. The van der Waals surface area contributed by atoms with Crippen LogP contribution in [0.3, 0.4) is 0 Å². The summed E-state index contributed by atoms with van der Waals surface area (Å²) >= 11 is 0. The molecule has 0 aromatic heterocycles. The van der Waals surface area contributed by atoms with E-state index in [1.807, 2.05) is 5.32 Å². The maximum atomic E-state index is 14.1. The fourth-order valence-corrected chi connectivity index (χ4v) is 3.76. The highest BCUT2D eigenvalue weighted by molar-refractivity contribution is 7.89. The quantitative estimate of drug-likeness (QED) is 0.497. The maximum Gasteiger partial charge on any atom is 0.432 e. The van der Waals surface area contributed by atoms with Gasteiger partial charge in [0.25, 0.3) is 5.66 Å². The minimum atomic E-state index is -5.33. The fourth-order valence-electron chi connectivity index (χ4n) is 2.47. The SMILES string of the molecule is CCOC(=O)C(NCc1ccccc1)(NS(=O)(=O)c1ccc(C)cc1)C(F)(F)F. The van der Waals surface area contributed by atoms with Gasteiger partial charge < -0.3 is 4.74 Å². The lowest BCUT2D eigenvalue weighted by molar-refractivity contribution is -0.217. The van der Waals surface area contributed by atoms with Crippen molar-refractivity contribution in [2.75, 3.05) is 6.61 Å². The van der Waals surface area contributed by atoms with Crippen molar-refractivity contribution in [3.8, 4) is 0 Å². The Kier molecular flexibility index (Phi) is 7.04. The molecule has 0 bridgehead atoms. The smallest absolute Gasteiger partial charge is 0.432 e. The summed E-state index contributed by atoms with van der Waals surface area (Å²) in [5.41, 5.74) is -2.53. The van der Waals surface area contributed by atoms with Crippen molar-refractivity contribution in [3.63, 3.8) is 0 Å². The zero-order valence-electron chi connectivity index (χ0n) is 15.8. The number of carbonyl (C=O) groups is 1. The Balaban J connectivity index is 2.48. The van der Waals surface area contributed by atoms with E-state index in [2.05, 4.69) is 4.74 Å². The van der Waals surface area contributed by atoms with Crippen molar-refractivity contribution < 1.29 is 31.1 Å². The van der Waals surface area contributed by atoms with E-state index in [-0.39, 0.29) is 6.61 Å². The van der Waals surface area contributed by atoms with Crippen LogP contribution in [0.15, 0.2) is 59.5 Å². The molecule has 2 N–H and O–H groups in total. The average Bonchev–Trinajstić information content (AvgIpc) is 2.65. The highest BCUT2D eigenvalue weighted by atomic mass is 32.2. The summed E-state index contributed by atoms with van der Waals surface area (Å²) in [6, 6.07) is 13.1. The molecule has 29 heavy (non-hydrogen) atoms. The molecule has 0 aliphatic rings. The van der Waals surface area contributed by atoms with Crippen LogP contribution in [0.1, 0.15) is 18.1 Å². The second-order valence-corrected chi connectivity index (χ2v) is 7.91. The lowest BCUT2D eigenvalue weighted by Gasteiger charge is -2.34. The molecule has 6 nitrogen and oxygen atoms in total. The Morgan fingerprint density at radius 3 is 2.14 bits per heavy atom. The zero-order chi connectivity index (χ0) is 21.7. The maximum absolute atomic E-state index is 14.1. The highest BCUT2D eigenvalue weighted by Gasteiger charge is 2.64. The van der Waals surface area contributed by atoms with Gasteiger partial charge in [0, 0.05) is 6.54 Å². The Morgan fingerprint density at radius 2 is 1.62 bits per heavy atom. The van der Waals surface area contributed by atoms with Crippen LogP contribution in [0.25, 0.3) is 0 Å². The predicted molar refractivity (Wildman–Crippen MR) is 100 cm³/mol. The third-order valence-corrected chi connectivity index (χ3v) is 5.49. The van der Waals surface area contributed by atoms with Gasteiger partial charge in [-0.25, -0.2) is 13.2 Å². The summed E-state index contributed by atoms with van der Waals surface area (Å²) in [5, 5.41) is 2.02. The summed E-state index contributed by atoms with van der Waals surface area (Å²) in [4.78, 5) is 12.0. The Labute approximate surface area is 167 Å². The average molecular weight is 430 g/mol. The van der Waals surface area contributed by atoms with Gasteiger partial charge in [0.1, 0.15) is 0 Å². The van der Waals surface area contributed by atoms with Crippen LogP contribution in [0, 0.1) is 6.92 Å². The van der Waals surface area contributed by atoms with Gasteiger partial charge in [0.05, 0.1) is 11.5 Å². The Bertz CT molecular complexity index is 932. The van der Waals surface area contributed by atoms with Gasteiger partial charge in [-0.15, -0.1) is 0 Å². The van der Waals surface area contributed by atoms with Crippen LogP contribution in [0.2, 0.25) is 0 Å². The molecule has 0 spiro atoms. The van der Waals surface area contributed by atoms with Gasteiger partial charge in [-0.05, 0) is 31.5 Å². The summed E-state index contributed by atoms with van der Waals surface area (Å²) < 4.78 is 73.6. The fraction of sp³-hybridized carbons (Fsp3) is 0.316. The molecule has 1 unspecified atom stereocenters. The summed E-state index contributed by atoms with van der Waals surface area (Å²) in [5.74, 6) is -1.79. The number of benzene rings is 2. The molecule has 0 aliphatic carbocycles. The normalized spacial score (nSPS) is 14.2. The summed E-state index contributed by atoms with van der Waals surface area (Å²) in [6.45, 7) is 2.22. The number of hydrogen-bond donors (Lipinski definition) is 2. The van der Waals surface area contributed by atoms with Crippen molar-refractivity contribution in [2.45, 2.75) is 37.1 Å². The highest BCUT2D eigenvalue weighted by Crippen LogP contribution is 2.32. The van der Waals surface area contributed by atoms with Crippen LogP contribution in [0.4, 0.5) is 13.2 Å². The molecule has 2 aromatic carbocycles. The minimum Gasteiger partial charge on any atom is -0.463 e. The molecular formula is C19H21F3N2O4S. The first-order chi connectivity index (χ1) is 13.5. The van der Waals surface area contributed by atoms with E-state index >= 15 is 0 Å². The lowest BCUT2D eigenvalue weighted by atomic mass is 10.1. The lowest BCUT2D eigenvalue weighted by Crippen LogP contribution is -2.72. The molecule has 0 saturated carbocycles. The van der Waals surface area contributed by atoms with Gasteiger partial charge in [-0.1, -0.05) is 48.0 Å². The number of esters is 1. The van der Waals surface area contributed by atoms with Gasteiger partial charge in [-0.3, -0.25) is 5.32 Å². The number of ether oxygens (including phenoxy) is 1. The number of halogens is 3. The van der Waals surface area contributed by atoms with Crippen LogP contribution < -0.4 is 10.0 Å². The molecule has 158 valence electrons. The second-order valence-electron chi connectivity index (χ2n) is 6.23. The molecule has 10 heteroatoms. The summed E-state index contributed by atoms with van der Waals surface area (Å²) in [6.07, 6.45) is -5.33. The first-order valence-corrected chi connectivity index (χ1v) is 10.1. The van der Waals surface area contributed by atoms with Crippen LogP contribution in [0.5, 0.6) is 0 Å². The number of alkyl halides is 3. The number of nitrogens with one attached hydrogen (secondary N) is 2. The molecule has 0 aliphatic heterocycles. The van der Waals surface area contributed by atoms with Gasteiger partial charge in [-0.2, -0.15) is 17.9 Å². The predicted octanol–water partition coefficient (Wildman–Crippen LogP) is 2.88. The molecule has 0 heterocycles. The number of rotatable bonds is 8. The van der Waals surface area contributed by atoms with Gasteiger partial charge >= 0.3 is 12.1 Å². The van der Waals surface area contributed by atoms with E-state index in [1.165, 1.54) is 35.9 Å². The monoisotopic (exact) mass is 430 g/mol. The molecule has 2 aromatic rings. The Morgan fingerprint density at radius 1 is 1.03 bits per heavy atom. The van der Waals surface area contributed by atoms with Crippen molar-refractivity contribution >= 4 is 16.0 Å². The van der Waals surface area contributed by atoms with Crippen molar-refractivity contribution in [1.82, 2.24) is 10.0 Å². The van der Waals surface area contributed by atoms with Gasteiger partial charge in [0.2, 0.25) is 10.0 Å². The first kappa shape index (κ1) is 22.9. The van der Waals surface area contributed by atoms with Crippen molar-refractivity contribution in [1.29, 1.82) is 0 Å². The second kappa shape index (κ2) is 8.93. The summed E-state index contributed by atoms with van der Waals surface area (Å²) in [7, 11) is -4.72. The number of aryl methyl sites for hydroxylation is 1. The first-order valence-electron chi connectivity index (χ1n) is 8.65. The van der Waals surface area contributed by atoms with E-state index in [9.17, 15) is 26.4 Å². The zero-order valence-corrected chi connectivity index (χ0v) is 16.6. The molecular weight excluding hydrogens is 409 g/mol.